The summed E-state index contributed by atoms with van der Waals surface area (Å²) in [4.78, 5) is 24.8. The number of benzene rings is 2. The van der Waals surface area contributed by atoms with E-state index in [2.05, 4.69) is 5.32 Å². The molecule has 10 heteroatoms. The highest BCUT2D eigenvalue weighted by atomic mass is 19.4. The number of hydrogen-bond donors (Lipinski definition) is 1. The molecule has 0 bridgehead atoms. The number of hydrogen-bond acceptors (Lipinski definition) is 3. The number of ether oxygens (including phenoxy) is 1. The fourth-order valence-corrected chi connectivity index (χ4v) is 2.21. The molecular formula is C18H15F5N2O3. The molecule has 0 atom stereocenters. The number of amides is 2. The summed E-state index contributed by atoms with van der Waals surface area (Å²) < 4.78 is 69.8. The number of para-hydroxylation sites is 1. The van der Waals surface area contributed by atoms with Gasteiger partial charge < -0.3 is 15.0 Å². The van der Waals surface area contributed by atoms with E-state index in [0.717, 1.165) is 29.2 Å². The van der Waals surface area contributed by atoms with Gasteiger partial charge in [-0.1, -0.05) is 12.1 Å². The topological polar surface area (TPSA) is 58.6 Å². The minimum absolute atomic E-state index is 0.140. The van der Waals surface area contributed by atoms with Crippen LogP contribution in [0, 0.1) is 11.6 Å². The molecule has 0 unspecified atom stereocenters. The second-order valence-corrected chi connectivity index (χ2v) is 5.74. The van der Waals surface area contributed by atoms with Gasteiger partial charge >= 0.3 is 6.18 Å². The summed E-state index contributed by atoms with van der Waals surface area (Å²) in [6.07, 6.45) is -4.65. The summed E-state index contributed by atoms with van der Waals surface area (Å²) in [5.41, 5.74) is -1.17. The molecule has 0 spiro atoms. The molecule has 2 rings (SSSR count). The van der Waals surface area contributed by atoms with Crippen molar-refractivity contribution in [3.8, 4) is 5.75 Å². The second kappa shape index (κ2) is 8.68. The number of nitrogens with zero attached hydrogens (tertiary/aromatic N) is 1. The normalized spacial score (nSPS) is 11.1. The van der Waals surface area contributed by atoms with E-state index in [-0.39, 0.29) is 5.69 Å². The Morgan fingerprint density at radius 2 is 1.68 bits per heavy atom. The van der Waals surface area contributed by atoms with Crippen LogP contribution in [0.15, 0.2) is 42.5 Å². The number of alkyl halides is 3. The highest BCUT2D eigenvalue weighted by Crippen LogP contribution is 2.35. The van der Waals surface area contributed by atoms with Crippen molar-refractivity contribution in [3.05, 3.63) is 59.7 Å². The highest BCUT2D eigenvalue weighted by Gasteiger charge is 2.34. The van der Waals surface area contributed by atoms with Gasteiger partial charge in [-0.05, 0) is 24.3 Å². The summed E-state index contributed by atoms with van der Waals surface area (Å²) in [6.45, 7) is -1.23. The fraction of sp³-hybridized carbons (Fsp3) is 0.222. The third-order valence-electron chi connectivity index (χ3n) is 3.50. The molecule has 2 amide bonds. The zero-order valence-corrected chi connectivity index (χ0v) is 14.5. The first kappa shape index (κ1) is 21.1. The smallest absolute Gasteiger partial charge is 0.419 e. The predicted octanol–water partition coefficient (Wildman–Crippen LogP) is 3.46. The van der Waals surface area contributed by atoms with Crippen molar-refractivity contribution in [1.82, 2.24) is 4.90 Å². The number of nitrogens with one attached hydrogen (secondary N) is 1. The van der Waals surface area contributed by atoms with Crippen LogP contribution in [0.1, 0.15) is 5.56 Å². The molecule has 0 fully saturated rings. The largest absolute Gasteiger partial charge is 0.483 e. The third kappa shape index (κ3) is 5.93. The molecule has 0 aromatic heterocycles. The van der Waals surface area contributed by atoms with E-state index in [9.17, 15) is 31.5 Å². The Labute approximate surface area is 156 Å². The molecule has 0 saturated heterocycles. The van der Waals surface area contributed by atoms with Crippen LogP contribution in [-0.4, -0.2) is 36.9 Å². The van der Waals surface area contributed by atoms with Gasteiger partial charge in [0.1, 0.15) is 17.4 Å². The number of likely N-dealkylation sites (N-methyl/N-ethyl adjacent to an activating group) is 1. The van der Waals surface area contributed by atoms with Crippen molar-refractivity contribution in [2.75, 3.05) is 25.5 Å². The number of carbonyl (C=O) groups is 2. The van der Waals surface area contributed by atoms with Gasteiger partial charge in [0.15, 0.2) is 6.61 Å². The zero-order chi connectivity index (χ0) is 20.9. The molecule has 150 valence electrons. The molecule has 0 radical (unpaired) electrons. The average molecular weight is 402 g/mol. The molecule has 0 heterocycles. The summed E-state index contributed by atoms with van der Waals surface area (Å²) in [7, 11) is 1.23. The molecule has 0 saturated carbocycles. The Hall–Kier alpha value is -3.17. The van der Waals surface area contributed by atoms with Gasteiger partial charge in [0.2, 0.25) is 5.91 Å². The van der Waals surface area contributed by atoms with Gasteiger partial charge in [0.05, 0.1) is 12.1 Å². The van der Waals surface area contributed by atoms with Crippen molar-refractivity contribution >= 4 is 17.5 Å². The number of rotatable bonds is 6. The molecule has 1 N–H and O–H groups in total. The first-order valence-corrected chi connectivity index (χ1v) is 7.85. The van der Waals surface area contributed by atoms with Crippen LogP contribution in [0.5, 0.6) is 5.75 Å². The number of anilines is 1. The van der Waals surface area contributed by atoms with E-state index in [4.69, 9.17) is 4.74 Å². The van der Waals surface area contributed by atoms with Gasteiger partial charge in [-0.25, -0.2) is 8.78 Å². The quantitative estimate of drug-likeness (QED) is 0.753. The van der Waals surface area contributed by atoms with Gasteiger partial charge in [0.25, 0.3) is 5.91 Å². The van der Waals surface area contributed by atoms with E-state index in [0.29, 0.717) is 6.07 Å². The highest BCUT2D eigenvalue weighted by molar-refractivity contribution is 5.94. The van der Waals surface area contributed by atoms with Crippen molar-refractivity contribution in [2.45, 2.75) is 6.18 Å². The van der Waals surface area contributed by atoms with Crippen LogP contribution in [0.4, 0.5) is 27.6 Å². The standard InChI is InChI=1S/C18H15F5N2O3/c1-25(9-16(26)24-13-7-11(19)6-12(20)8-13)17(27)10-28-15-5-3-2-4-14(15)18(21,22)23/h2-8H,9-10H2,1H3,(H,24,26). The summed E-state index contributed by atoms with van der Waals surface area (Å²) >= 11 is 0. The minimum atomic E-state index is -4.65. The van der Waals surface area contributed by atoms with Gasteiger partial charge in [-0.3, -0.25) is 9.59 Å². The lowest BCUT2D eigenvalue weighted by Crippen LogP contribution is -2.37. The maximum atomic E-state index is 13.1. The Balaban J connectivity index is 1.92. The van der Waals surface area contributed by atoms with Crippen molar-refractivity contribution in [1.29, 1.82) is 0 Å². The summed E-state index contributed by atoms with van der Waals surface area (Å²) in [5.74, 6) is -3.82. The van der Waals surface area contributed by atoms with Crippen LogP contribution in [0.3, 0.4) is 0 Å². The average Bonchev–Trinajstić information content (AvgIpc) is 2.57. The first-order chi connectivity index (χ1) is 13.1. The molecule has 0 aliphatic carbocycles. The zero-order valence-electron chi connectivity index (χ0n) is 14.5. The van der Waals surface area contributed by atoms with Crippen molar-refractivity contribution in [2.24, 2.45) is 0 Å². The second-order valence-electron chi connectivity index (χ2n) is 5.74. The molecule has 0 aliphatic heterocycles. The van der Waals surface area contributed by atoms with Crippen LogP contribution >= 0.6 is 0 Å². The minimum Gasteiger partial charge on any atom is -0.483 e. The lowest BCUT2D eigenvalue weighted by Gasteiger charge is -2.18. The molecular weight excluding hydrogens is 387 g/mol. The molecule has 2 aromatic carbocycles. The number of carbonyl (C=O) groups excluding carboxylic acids is 2. The Kier molecular flexibility index (Phi) is 6.55. The fourth-order valence-electron chi connectivity index (χ4n) is 2.21. The maximum Gasteiger partial charge on any atom is 0.419 e. The molecule has 5 nitrogen and oxygen atoms in total. The molecule has 0 aliphatic rings. The molecule has 2 aromatic rings. The third-order valence-corrected chi connectivity index (χ3v) is 3.50. The maximum absolute atomic E-state index is 13.1. The van der Waals surface area contributed by atoms with E-state index in [1.54, 1.807) is 0 Å². The van der Waals surface area contributed by atoms with E-state index >= 15 is 0 Å². The van der Waals surface area contributed by atoms with E-state index < -0.39 is 54.1 Å². The Morgan fingerprint density at radius 3 is 2.29 bits per heavy atom. The lowest BCUT2D eigenvalue weighted by atomic mass is 10.2. The van der Waals surface area contributed by atoms with Crippen molar-refractivity contribution in [3.63, 3.8) is 0 Å². The van der Waals surface area contributed by atoms with E-state index in [1.165, 1.54) is 19.2 Å². The Morgan fingerprint density at radius 1 is 1.07 bits per heavy atom. The van der Waals surface area contributed by atoms with Gasteiger partial charge in [0, 0.05) is 18.8 Å². The van der Waals surface area contributed by atoms with Gasteiger partial charge in [-0.15, -0.1) is 0 Å². The van der Waals surface area contributed by atoms with Crippen LogP contribution in [0.2, 0.25) is 0 Å². The first-order valence-electron chi connectivity index (χ1n) is 7.85. The monoisotopic (exact) mass is 402 g/mol. The van der Waals surface area contributed by atoms with Crippen LogP contribution in [0.25, 0.3) is 0 Å². The summed E-state index contributed by atoms with van der Waals surface area (Å²) in [6, 6.07) is 6.80. The summed E-state index contributed by atoms with van der Waals surface area (Å²) in [5, 5.41) is 2.21. The van der Waals surface area contributed by atoms with Gasteiger partial charge in [-0.2, -0.15) is 13.2 Å². The number of halogens is 5. The Bertz CT molecular complexity index is 850. The van der Waals surface area contributed by atoms with E-state index in [1.807, 2.05) is 0 Å². The van der Waals surface area contributed by atoms with Crippen LogP contribution < -0.4 is 10.1 Å². The predicted molar refractivity (Wildman–Crippen MR) is 89.6 cm³/mol. The SMILES string of the molecule is CN(CC(=O)Nc1cc(F)cc(F)c1)C(=O)COc1ccccc1C(F)(F)F. The van der Waals surface area contributed by atoms with Crippen molar-refractivity contribution < 1.29 is 36.3 Å². The lowest BCUT2D eigenvalue weighted by molar-refractivity contribution is -0.141. The van der Waals surface area contributed by atoms with Crippen LogP contribution in [-0.2, 0) is 15.8 Å². The molecule has 28 heavy (non-hydrogen) atoms.